The number of hydrogen-bond donors (Lipinski definition) is 2. The Morgan fingerprint density at radius 1 is 0.800 bits per heavy atom. The smallest absolute Gasteiger partial charge is 0.343 e. The lowest BCUT2D eigenvalue weighted by Gasteiger charge is -2.65. The number of rotatable bonds is 4. The Kier molecular flexibility index (Phi) is 7.59. The summed E-state index contributed by atoms with van der Waals surface area (Å²) in [6, 6.07) is 0. The van der Waals surface area contributed by atoms with Crippen LogP contribution in [0.1, 0.15) is 68.7 Å². The monoisotopic (exact) mass is 702 g/mol. The SMILES string of the molecule is CC(=O)O[C@H]1[C@H]2[C@H]([C@@H]3[C@@H](O)[C@H]4[C@H]([C@H](C)C=C5OC(=O)[C@@](C)(O)[C@@]54C)[C@@]3(C)[C@H]1OC(C)=O)[C@@H](OC(C)=O)C(=O)[C@H]1C[C@@H]3O[C@@H]3[C@H](OC(C)=O)[C@]21C. The molecule has 0 bridgehead atoms. The predicted octanol–water partition coefficient (Wildman–Crippen LogP) is 1.41. The van der Waals surface area contributed by atoms with Crippen LogP contribution < -0.4 is 0 Å². The number of epoxide rings is 1. The fraction of sp³-hybridized carbons (Fsp3) is 0.778. The van der Waals surface area contributed by atoms with Crippen LogP contribution in [0.4, 0.5) is 0 Å². The minimum atomic E-state index is -2.09. The summed E-state index contributed by atoms with van der Waals surface area (Å²) in [7, 11) is 0. The standard InChI is InChI=1S/C36H46O14/c1-12-10-19-35(8,36(9,44)32(43)50-19)24-21(12)34(7)22(26(24)42)20-23(29(46-14(3)38)31(34)48-16(5)40)33(6)17(25(41)28(20)45-13(2)37)11-18-27(49-18)30(33)47-15(4)39/h10,12,17-18,20-24,26-31,42,44H,11H2,1-9H3/t12-,17-,18+,20+,21+,22-,23-,24-,26-,27+,28-,29+,30+,31+,33+,34-,35+,36-/m1/s1. The number of Topliss-reactive ketones (excluding diaryl/α,β-unsaturated/α-hetero) is 1. The number of allylic oxidation sites excluding steroid dienone is 1. The first-order chi connectivity index (χ1) is 23.1. The second-order valence-corrected chi connectivity index (χ2v) is 16.5. The van der Waals surface area contributed by atoms with Gasteiger partial charge >= 0.3 is 29.8 Å². The summed E-state index contributed by atoms with van der Waals surface area (Å²) in [5, 5.41) is 24.7. The van der Waals surface area contributed by atoms with Crippen LogP contribution in [0.3, 0.4) is 0 Å². The van der Waals surface area contributed by atoms with E-state index in [1.807, 2.05) is 6.92 Å². The molecule has 0 radical (unpaired) electrons. The number of esters is 5. The van der Waals surface area contributed by atoms with E-state index in [1.54, 1.807) is 26.8 Å². The number of ketones is 1. The molecule has 4 saturated carbocycles. The molecule has 2 saturated heterocycles. The first-order valence-corrected chi connectivity index (χ1v) is 17.4. The lowest BCUT2D eigenvalue weighted by Crippen LogP contribution is -2.75. The highest BCUT2D eigenvalue weighted by molar-refractivity contribution is 5.90. The molecule has 5 aliphatic carbocycles. The van der Waals surface area contributed by atoms with Gasteiger partial charge in [0.05, 0.1) is 17.6 Å². The zero-order valence-corrected chi connectivity index (χ0v) is 29.7. The summed E-state index contributed by atoms with van der Waals surface area (Å²) in [5.74, 6) is -9.97. The Morgan fingerprint density at radius 2 is 1.38 bits per heavy atom. The lowest BCUT2D eigenvalue weighted by atomic mass is 9.41. The quantitative estimate of drug-likeness (QED) is 0.242. The fourth-order valence-electron chi connectivity index (χ4n) is 12.2. The van der Waals surface area contributed by atoms with E-state index in [2.05, 4.69) is 0 Å². The molecule has 0 aromatic carbocycles. The third kappa shape index (κ3) is 4.24. The van der Waals surface area contributed by atoms with Gasteiger partial charge in [-0.2, -0.15) is 0 Å². The van der Waals surface area contributed by atoms with Crippen molar-refractivity contribution in [3.8, 4) is 0 Å². The molecule has 14 heteroatoms. The first kappa shape index (κ1) is 35.1. The molecule has 6 fully saturated rings. The molecule has 7 rings (SSSR count). The van der Waals surface area contributed by atoms with Gasteiger partial charge in [-0.15, -0.1) is 0 Å². The van der Waals surface area contributed by atoms with E-state index in [-0.39, 0.29) is 12.2 Å². The summed E-state index contributed by atoms with van der Waals surface area (Å²) in [4.78, 5) is 79.7. The zero-order valence-electron chi connectivity index (χ0n) is 29.7. The van der Waals surface area contributed by atoms with Gasteiger partial charge in [0.25, 0.3) is 0 Å². The van der Waals surface area contributed by atoms with E-state index in [9.17, 15) is 39.0 Å². The van der Waals surface area contributed by atoms with Crippen molar-refractivity contribution in [2.24, 2.45) is 57.7 Å². The number of fused-ring (bicyclic) bond motifs is 10. The van der Waals surface area contributed by atoms with Gasteiger partial charge in [-0.1, -0.05) is 20.8 Å². The van der Waals surface area contributed by atoms with Crippen LogP contribution in [0.5, 0.6) is 0 Å². The number of aliphatic hydroxyl groups is 2. The Morgan fingerprint density at radius 3 is 1.96 bits per heavy atom. The number of carbonyl (C=O) groups is 6. The molecule has 7 aliphatic rings. The lowest BCUT2D eigenvalue weighted by molar-refractivity contribution is -0.273. The maximum atomic E-state index is 14.8. The van der Waals surface area contributed by atoms with Crippen molar-refractivity contribution in [1.82, 2.24) is 0 Å². The van der Waals surface area contributed by atoms with Crippen LogP contribution in [0.25, 0.3) is 0 Å². The average molecular weight is 703 g/mol. The van der Waals surface area contributed by atoms with E-state index in [0.717, 1.165) is 0 Å². The number of aliphatic hydroxyl groups excluding tert-OH is 1. The van der Waals surface area contributed by atoms with Crippen molar-refractivity contribution in [2.45, 2.75) is 117 Å². The van der Waals surface area contributed by atoms with Gasteiger partial charge in [-0.3, -0.25) is 24.0 Å². The van der Waals surface area contributed by atoms with Crippen LogP contribution in [-0.2, 0) is 57.2 Å². The Hall–Kier alpha value is -3.36. The molecule has 2 heterocycles. The number of hydrogen-bond acceptors (Lipinski definition) is 14. The van der Waals surface area contributed by atoms with Gasteiger partial charge in [0.1, 0.15) is 30.2 Å². The summed E-state index contributed by atoms with van der Waals surface area (Å²) >= 11 is 0. The summed E-state index contributed by atoms with van der Waals surface area (Å²) in [5.41, 5.74) is -6.22. The van der Waals surface area contributed by atoms with Crippen LogP contribution in [0.2, 0.25) is 0 Å². The molecule has 0 unspecified atom stereocenters. The third-order valence-electron chi connectivity index (χ3n) is 14.0. The van der Waals surface area contributed by atoms with Crippen molar-refractivity contribution in [3.05, 3.63) is 11.8 Å². The summed E-state index contributed by atoms with van der Waals surface area (Å²) in [6.07, 6.45) is -5.43. The van der Waals surface area contributed by atoms with Gasteiger partial charge < -0.3 is 38.6 Å². The van der Waals surface area contributed by atoms with Gasteiger partial charge in [0.15, 0.2) is 17.5 Å². The highest BCUT2D eigenvalue weighted by Gasteiger charge is 2.83. The maximum Gasteiger partial charge on any atom is 0.343 e. The zero-order chi connectivity index (χ0) is 36.8. The van der Waals surface area contributed by atoms with E-state index in [0.29, 0.717) is 0 Å². The second-order valence-electron chi connectivity index (χ2n) is 16.5. The first-order valence-electron chi connectivity index (χ1n) is 17.4. The van der Waals surface area contributed by atoms with Gasteiger partial charge in [0, 0.05) is 68.1 Å². The van der Waals surface area contributed by atoms with Gasteiger partial charge in [-0.05, 0) is 38.2 Å². The van der Waals surface area contributed by atoms with Crippen molar-refractivity contribution in [2.75, 3.05) is 0 Å². The van der Waals surface area contributed by atoms with Crippen LogP contribution >= 0.6 is 0 Å². The summed E-state index contributed by atoms with van der Waals surface area (Å²) < 4.78 is 35.9. The van der Waals surface area contributed by atoms with Crippen LogP contribution in [0.15, 0.2) is 11.8 Å². The van der Waals surface area contributed by atoms with Crippen molar-refractivity contribution in [3.63, 3.8) is 0 Å². The van der Waals surface area contributed by atoms with Gasteiger partial charge in [-0.25, -0.2) is 4.79 Å². The van der Waals surface area contributed by atoms with Gasteiger partial charge in [0.2, 0.25) is 0 Å². The number of carbonyl (C=O) groups excluding carboxylic acids is 6. The molecule has 0 amide bonds. The van der Waals surface area contributed by atoms with E-state index < -0.39 is 142 Å². The van der Waals surface area contributed by atoms with Crippen molar-refractivity contribution < 1.29 is 67.4 Å². The van der Waals surface area contributed by atoms with Crippen LogP contribution in [0, 0.1) is 57.7 Å². The fourth-order valence-corrected chi connectivity index (χ4v) is 12.2. The van der Waals surface area contributed by atoms with E-state index in [4.69, 9.17) is 28.4 Å². The molecule has 50 heavy (non-hydrogen) atoms. The molecule has 2 N–H and O–H groups in total. The molecule has 0 spiro atoms. The Balaban J connectivity index is 1.53. The van der Waals surface area contributed by atoms with Crippen molar-refractivity contribution in [1.29, 1.82) is 0 Å². The third-order valence-corrected chi connectivity index (χ3v) is 14.0. The molecule has 2 aliphatic heterocycles. The topological polar surface area (TPSA) is 202 Å². The molecular weight excluding hydrogens is 656 g/mol. The molecule has 18 atom stereocenters. The minimum Gasteiger partial charge on any atom is -0.459 e. The predicted molar refractivity (Wildman–Crippen MR) is 166 cm³/mol. The Labute approximate surface area is 289 Å². The molecule has 0 aromatic heterocycles. The minimum absolute atomic E-state index is 0.196. The normalized spacial score (nSPS) is 52.3. The average Bonchev–Trinajstić information content (AvgIpc) is 3.68. The second kappa shape index (κ2) is 10.8. The molecule has 274 valence electrons. The highest BCUT2D eigenvalue weighted by Crippen LogP contribution is 2.75. The molecular formula is C36H46O14. The molecule has 14 nitrogen and oxygen atoms in total. The summed E-state index contributed by atoms with van der Waals surface area (Å²) in [6.45, 7) is 13.2. The van der Waals surface area contributed by atoms with E-state index in [1.165, 1.54) is 34.6 Å². The van der Waals surface area contributed by atoms with Crippen LogP contribution in [-0.4, -0.2) is 94.2 Å². The van der Waals surface area contributed by atoms with Crippen molar-refractivity contribution >= 4 is 35.6 Å². The largest absolute Gasteiger partial charge is 0.459 e. The number of ether oxygens (including phenoxy) is 6. The maximum absolute atomic E-state index is 14.8. The highest BCUT2D eigenvalue weighted by atomic mass is 16.6. The Bertz CT molecular complexity index is 1620. The van der Waals surface area contributed by atoms with E-state index >= 15 is 0 Å². The molecule has 0 aromatic rings.